The summed E-state index contributed by atoms with van der Waals surface area (Å²) >= 11 is 2.06. The maximum absolute atomic E-state index is 11.9. The van der Waals surface area contributed by atoms with Gasteiger partial charge in [-0.1, -0.05) is 37.1 Å². The van der Waals surface area contributed by atoms with Gasteiger partial charge in [-0.2, -0.15) is 0 Å². The molecule has 2 rings (SSSR count). The van der Waals surface area contributed by atoms with Crippen molar-refractivity contribution in [3.63, 3.8) is 0 Å². The van der Waals surface area contributed by atoms with Crippen molar-refractivity contribution in [3.8, 4) is 11.4 Å². The molecule has 0 radical (unpaired) electrons. The maximum atomic E-state index is 11.9. The zero-order valence-corrected chi connectivity index (χ0v) is 12.6. The van der Waals surface area contributed by atoms with Crippen molar-refractivity contribution in [2.24, 2.45) is 0 Å². The van der Waals surface area contributed by atoms with Crippen LogP contribution in [0.25, 0.3) is 11.4 Å². The molecule has 0 saturated carbocycles. The minimum absolute atomic E-state index is 0.0504. The van der Waals surface area contributed by atoms with E-state index in [9.17, 15) is 4.79 Å². The van der Waals surface area contributed by atoms with E-state index >= 15 is 0 Å². The fourth-order valence-electron chi connectivity index (χ4n) is 1.84. The fraction of sp³-hybridized carbons (Fsp3) is 0.286. The number of H-pyrrole nitrogens is 1. The van der Waals surface area contributed by atoms with Gasteiger partial charge in [0.05, 0.1) is 9.26 Å². The van der Waals surface area contributed by atoms with Gasteiger partial charge in [-0.3, -0.25) is 4.79 Å². The summed E-state index contributed by atoms with van der Waals surface area (Å²) in [7, 11) is 0. The minimum Gasteiger partial charge on any atom is -0.306 e. The number of halogens is 1. The van der Waals surface area contributed by atoms with E-state index in [1.54, 1.807) is 0 Å². The Kier molecular flexibility index (Phi) is 4.16. The molecular weight excluding hydrogens is 339 g/mol. The second-order valence-corrected chi connectivity index (χ2v) is 5.37. The molecule has 0 bridgehead atoms. The molecule has 0 spiro atoms. The predicted molar refractivity (Wildman–Crippen MR) is 81.7 cm³/mol. The smallest absolute Gasteiger partial charge is 0.264 e. The Bertz CT molecular complexity index is 619. The molecule has 2 aromatic rings. The molecule has 0 saturated heterocycles. The highest BCUT2D eigenvalue weighted by molar-refractivity contribution is 14.1. The number of hydrogen-bond donors (Lipinski definition) is 1. The molecule has 1 N–H and O–H groups in total. The number of aromatic amines is 1. The van der Waals surface area contributed by atoms with Crippen LogP contribution in [0.2, 0.25) is 0 Å². The van der Waals surface area contributed by atoms with Crippen LogP contribution in [0.1, 0.15) is 24.6 Å². The first-order valence-electron chi connectivity index (χ1n) is 5.97. The molecule has 1 heterocycles. The first kappa shape index (κ1) is 13.3. The van der Waals surface area contributed by atoms with Gasteiger partial charge in [-0.15, -0.1) is 0 Å². The van der Waals surface area contributed by atoms with Gasteiger partial charge in [0.25, 0.3) is 5.56 Å². The van der Waals surface area contributed by atoms with Crippen LogP contribution in [0.3, 0.4) is 0 Å². The molecule has 0 aliphatic carbocycles. The Morgan fingerprint density at radius 3 is 2.83 bits per heavy atom. The van der Waals surface area contributed by atoms with Crippen molar-refractivity contribution in [1.29, 1.82) is 0 Å². The lowest BCUT2D eigenvalue weighted by atomic mass is 10.1. The Balaban J connectivity index is 2.55. The van der Waals surface area contributed by atoms with Crippen molar-refractivity contribution >= 4 is 22.6 Å². The molecule has 0 fully saturated rings. The molecule has 0 unspecified atom stereocenters. The van der Waals surface area contributed by atoms with E-state index < -0.39 is 0 Å². The monoisotopic (exact) mass is 354 g/mol. The second kappa shape index (κ2) is 5.65. The highest BCUT2D eigenvalue weighted by Crippen LogP contribution is 2.17. The molecule has 18 heavy (non-hydrogen) atoms. The third kappa shape index (κ3) is 2.80. The summed E-state index contributed by atoms with van der Waals surface area (Å²) in [5.74, 6) is 0.660. The van der Waals surface area contributed by atoms with Crippen LogP contribution < -0.4 is 5.56 Å². The molecule has 1 aromatic carbocycles. The van der Waals surface area contributed by atoms with Crippen molar-refractivity contribution in [2.75, 3.05) is 0 Å². The third-order valence-corrected chi connectivity index (χ3v) is 3.82. The number of hydrogen-bond acceptors (Lipinski definition) is 2. The van der Waals surface area contributed by atoms with Crippen LogP contribution in [0.4, 0.5) is 0 Å². The van der Waals surface area contributed by atoms with E-state index in [4.69, 9.17) is 0 Å². The molecule has 1 aromatic heterocycles. The van der Waals surface area contributed by atoms with Gasteiger partial charge in [0, 0.05) is 5.56 Å². The Morgan fingerprint density at radius 2 is 2.17 bits per heavy atom. The molecule has 3 nitrogen and oxygen atoms in total. The summed E-state index contributed by atoms with van der Waals surface area (Å²) in [5.41, 5.74) is 2.95. The van der Waals surface area contributed by atoms with E-state index in [-0.39, 0.29) is 5.56 Å². The SMILES string of the molecule is CCCc1nc(-c2cccc(C)c2)[nH]c(=O)c1I. The third-order valence-electron chi connectivity index (χ3n) is 2.71. The molecular formula is C14H15IN2O. The van der Waals surface area contributed by atoms with Crippen molar-refractivity contribution < 1.29 is 0 Å². The average molecular weight is 354 g/mol. The van der Waals surface area contributed by atoms with Gasteiger partial charge in [0.2, 0.25) is 0 Å². The summed E-state index contributed by atoms with van der Waals surface area (Å²) in [6.07, 6.45) is 1.82. The molecule has 94 valence electrons. The summed E-state index contributed by atoms with van der Waals surface area (Å²) in [4.78, 5) is 19.3. The highest BCUT2D eigenvalue weighted by atomic mass is 127. The number of aromatic nitrogens is 2. The molecule has 0 aliphatic heterocycles. The number of benzene rings is 1. The van der Waals surface area contributed by atoms with Gasteiger partial charge in [0.1, 0.15) is 5.82 Å². The summed E-state index contributed by atoms with van der Waals surface area (Å²) < 4.78 is 0.700. The number of nitrogens with one attached hydrogen (secondary N) is 1. The zero-order chi connectivity index (χ0) is 13.1. The quantitative estimate of drug-likeness (QED) is 0.860. The normalized spacial score (nSPS) is 10.6. The lowest BCUT2D eigenvalue weighted by Crippen LogP contribution is -2.16. The van der Waals surface area contributed by atoms with Crippen LogP contribution in [0.15, 0.2) is 29.1 Å². The van der Waals surface area contributed by atoms with E-state index in [0.29, 0.717) is 9.39 Å². The van der Waals surface area contributed by atoms with Crippen LogP contribution in [0.5, 0.6) is 0 Å². The lowest BCUT2D eigenvalue weighted by Gasteiger charge is -2.06. The summed E-state index contributed by atoms with van der Waals surface area (Å²) in [6.45, 7) is 4.12. The Morgan fingerprint density at radius 1 is 1.39 bits per heavy atom. The van der Waals surface area contributed by atoms with Crippen LogP contribution in [0, 0.1) is 10.5 Å². The largest absolute Gasteiger partial charge is 0.306 e. The van der Waals surface area contributed by atoms with Crippen molar-refractivity contribution in [2.45, 2.75) is 26.7 Å². The molecule has 0 amide bonds. The van der Waals surface area contributed by atoms with Crippen LogP contribution >= 0.6 is 22.6 Å². The van der Waals surface area contributed by atoms with E-state index in [1.807, 2.05) is 31.2 Å². The molecule has 4 heteroatoms. The topological polar surface area (TPSA) is 45.8 Å². The summed E-state index contributed by atoms with van der Waals surface area (Å²) in [6, 6.07) is 8.00. The van der Waals surface area contributed by atoms with Crippen LogP contribution in [-0.4, -0.2) is 9.97 Å². The van der Waals surface area contributed by atoms with E-state index in [1.165, 1.54) is 0 Å². The van der Waals surface area contributed by atoms with Crippen LogP contribution in [-0.2, 0) is 6.42 Å². The van der Waals surface area contributed by atoms with Gasteiger partial charge < -0.3 is 4.98 Å². The highest BCUT2D eigenvalue weighted by Gasteiger charge is 2.09. The minimum atomic E-state index is -0.0504. The second-order valence-electron chi connectivity index (χ2n) is 4.29. The number of aryl methyl sites for hydroxylation is 2. The maximum Gasteiger partial charge on any atom is 0.264 e. The first-order valence-corrected chi connectivity index (χ1v) is 7.05. The first-order chi connectivity index (χ1) is 8.61. The van der Waals surface area contributed by atoms with Gasteiger partial charge in [0.15, 0.2) is 0 Å². The van der Waals surface area contributed by atoms with Crippen molar-refractivity contribution in [1.82, 2.24) is 9.97 Å². The van der Waals surface area contributed by atoms with E-state index in [2.05, 4.69) is 39.5 Å². The summed E-state index contributed by atoms with van der Waals surface area (Å²) in [5, 5.41) is 0. The van der Waals surface area contributed by atoms with Gasteiger partial charge in [-0.05, 0) is 42.0 Å². The number of nitrogens with zero attached hydrogens (tertiary/aromatic N) is 1. The molecule has 0 aliphatic rings. The Labute approximate surface area is 120 Å². The van der Waals surface area contributed by atoms with Gasteiger partial charge >= 0.3 is 0 Å². The Hall–Kier alpha value is -1.17. The standard InChI is InChI=1S/C14H15IN2O/c1-3-5-11-12(15)14(18)17-13(16-11)10-7-4-6-9(2)8-10/h4,6-8H,3,5H2,1-2H3,(H,16,17,18). The lowest BCUT2D eigenvalue weighted by molar-refractivity contribution is 0.860. The van der Waals surface area contributed by atoms with Crippen molar-refractivity contribution in [3.05, 3.63) is 49.4 Å². The number of rotatable bonds is 3. The fourth-order valence-corrected chi connectivity index (χ4v) is 2.36. The zero-order valence-electron chi connectivity index (χ0n) is 10.5. The average Bonchev–Trinajstić information content (AvgIpc) is 2.35. The molecule has 0 atom stereocenters. The van der Waals surface area contributed by atoms with Gasteiger partial charge in [-0.25, -0.2) is 4.98 Å². The predicted octanol–water partition coefficient (Wildman–Crippen LogP) is 3.30. The van der Waals surface area contributed by atoms with E-state index in [0.717, 1.165) is 29.7 Å².